The van der Waals surface area contributed by atoms with E-state index in [9.17, 15) is 9.59 Å². The van der Waals surface area contributed by atoms with Gasteiger partial charge >= 0.3 is 0 Å². The normalized spacial score (nSPS) is 22.1. The number of amides is 2. The van der Waals surface area contributed by atoms with Crippen LogP contribution in [-0.4, -0.2) is 49.0 Å². The molecule has 7 heteroatoms. The van der Waals surface area contributed by atoms with Crippen LogP contribution in [-0.2, 0) is 9.59 Å². The van der Waals surface area contributed by atoms with E-state index in [0.717, 1.165) is 38.2 Å². The van der Waals surface area contributed by atoms with Crippen molar-refractivity contribution >= 4 is 23.3 Å². The molecule has 3 rings (SSSR count). The second-order valence-corrected chi connectivity index (χ2v) is 5.67. The topological polar surface area (TPSA) is 86.4 Å². The minimum absolute atomic E-state index is 0.00778. The highest BCUT2D eigenvalue weighted by Gasteiger charge is 2.21. The molecular formula is C15H21N5O2. The van der Waals surface area contributed by atoms with Crippen LogP contribution in [0.15, 0.2) is 18.3 Å². The highest BCUT2D eigenvalue weighted by molar-refractivity contribution is 5.94. The first-order valence-corrected chi connectivity index (χ1v) is 7.74. The second-order valence-electron chi connectivity index (χ2n) is 5.67. The summed E-state index contributed by atoms with van der Waals surface area (Å²) in [4.78, 5) is 29.8. The molecule has 3 N–H and O–H groups in total. The van der Waals surface area contributed by atoms with E-state index in [1.807, 2.05) is 17.0 Å². The molecule has 0 spiro atoms. The Balaban J connectivity index is 1.59. The SMILES string of the molecule is O=C1CN(c2ccc(NC(=O)[C@H]3CCCCN3)cn2)CCN1. The average molecular weight is 303 g/mol. The van der Waals surface area contributed by atoms with Crippen LogP contribution >= 0.6 is 0 Å². The van der Waals surface area contributed by atoms with Crippen LogP contribution in [0.3, 0.4) is 0 Å². The average Bonchev–Trinajstić information content (AvgIpc) is 2.56. The molecule has 0 unspecified atom stereocenters. The summed E-state index contributed by atoms with van der Waals surface area (Å²) >= 11 is 0. The summed E-state index contributed by atoms with van der Waals surface area (Å²) in [5.74, 6) is 0.754. The maximum absolute atomic E-state index is 12.1. The minimum Gasteiger partial charge on any atom is -0.353 e. The van der Waals surface area contributed by atoms with Crippen molar-refractivity contribution in [1.29, 1.82) is 0 Å². The molecule has 2 amide bonds. The number of anilines is 2. The fourth-order valence-electron chi connectivity index (χ4n) is 2.79. The Morgan fingerprint density at radius 3 is 2.91 bits per heavy atom. The van der Waals surface area contributed by atoms with Gasteiger partial charge in [0.25, 0.3) is 0 Å². The lowest BCUT2D eigenvalue weighted by atomic mass is 10.0. The number of pyridine rings is 1. The van der Waals surface area contributed by atoms with Gasteiger partial charge in [0.2, 0.25) is 11.8 Å². The Bertz CT molecular complexity index is 539. The van der Waals surface area contributed by atoms with Crippen molar-refractivity contribution in [3.63, 3.8) is 0 Å². The van der Waals surface area contributed by atoms with Crippen molar-refractivity contribution in [2.24, 2.45) is 0 Å². The highest BCUT2D eigenvalue weighted by Crippen LogP contribution is 2.16. The molecule has 0 bridgehead atoms. The summed E-state index contributed by atoms with van der Waals surface area (Å²) in [5.41, 5.74) is 0.683. The third kappa shape index (κ3) is 3.54. The Morgan fingerprint density at radius 2 is 2.23 bits per heavy atom. The first-order chi connectivity index (χ1) is 10.7. The molecule has 118 valence electrons. The number of rotatable bonds is 3. The van der Waals surface area contributed by atoms with Crippen molar-refractivity contribution in [3.8, 4) is 0 Å². The molecule has 2 aliphatic rings. The molecule has 22 heavy (non-hydrogen) atoms. The van der Waals surface area contributed by atoms with Crippen LogP contribution in [0.4, 0.5) is 11.5 Å². The number of piperidine rings is 1. The molecule has 7 nitrogen and oxygen atoms in total. The Morgan fingerprint density at radius 1 is 1.32 bits per heavy atom. The summed E-state index contributed by atoms with van der Waals surface area (Å²) in [7, 11) is 0. The molecule has 1 aromatic heterocycles. The number of piperazine rings is 1. The Kier molecular flexibility index (Phi) is 4.53. The van der Waals surface area contributed by atoms with E-state index in [4.69, 9.17) is 0 Å². The number of nitrogens with one attached hydrogen (secondary N) is 3. The van der Waals surface area contributed by atoms with Gasteiger partial charge in [-0.2, -0.15) is 0 Å². The number of hydrogen-bond donors (Lipinski definition) is 3. The van der Waals surface area contributed by atoms with E-state index in [1.54, 1.807) is 6.20 Å². The van der Waals surface area contributed by atoms with Gasteiger partial charge in [0.05, 0.1) is 24.5 Å². The molecule has 2 saturated heterocycles. The van der Waals surface area contributed by atoms with Crippen LogP contribution in [0.2, 0.25) is 0 Å². The zero-order chi connectivity index (χ0) is 15.4. The minimum atomic E-state index is -0.112. The maximum Gasteiger partial charge on any atom is 0.241 e. The molecule has 1 aromatic rings. The predicted molar refractivity (Wildman–Crippen MR) is 83.7 cm³/mol. The number of aromatic nitrogens is 1. The van der Waals surface area contributed by atoms with Gasteiger partial charge in [0.15, 0.2) is 0 Å². The van der Waals surface area contributed by atoms with E-state index < -0.39 is 0 Å². The molecule has 2 aliphatic heterocycles. The number of nitrogens with zero attached hydrogens (tertiary/aromatic N) is 2. The van der Waals surface area contributed by atoms with Crippen LogP contribution < -0.4 is 20.9 Å². The molecule has 0 aliphatic carbocycles. The van der Waals surface area contributed by atoms with Gasteiger partial charge in [-0.25, -0.2) is 4.98 Å². The van der Waals surface area contributed by atoms with Gasteiger partial charge in [-0.05, 0) is 31.5 Å². The Hall–Kier alpha value is -2.15. The molecule has 0 radical (unpaired) electrons. The van der Waals surface area contributed by atoms with Gasteiger partial charge in [-0.1, -0.05) is 6.42 Å². The number of carbonyl (C=O) groups excluding carboxylic acids is 2. The lowest BCUT2D eigenvalue weighted by Gasteiger charge is -2.27. The molecule has 2 fully saturated rings. The van der Waals surface area contributed by atoms with Crippen molar-refractivity contribution in [2.75, 3.05) is 36.4 Å². The molecule has 0 aromatic carbocycles. The molecule has 0 saturated carbocycles. The van der Waals surface area contributed by atoms with E-state index in [1.165, 1.54) is 0 Å². The van der Waals surface area contributed by atoms with E-state index >= 15 is 0 Å². The second kappa shape index (κ2) is 6.74. The summed E-state index contributed by atoms with van der Waals surface area (Å²) in [6.45, 7) is 2.60. The standard InChI is InChI=1S/C15H21N5O2/c21-14-10-20(8-7-17-14)13-5-4-11(9-18-13)19-15(22)12-3-1-2-6-16-12/h4-5,9,12,16H,1-3,6-8,10H2,(H,17,21)(H,19,22)/t12-/m1/s1. The smallest absolute Gasteiger partial charge is 0.241 e. The molecular weight excluding hydrogens is 282 g/mol. The third-order valence-corrected chi connectivity index (χ3v) is 4.00. The summed E-state index contributed by atoms with van der Waals surface area (Å²) < 4.78 is 0. The summed E-state index contributed by atoms with van der Waals surface area (Å²) in [5, 5.41) is 8.89. The van der Waals surface area contributed by atoms with Crippen LogP contribution in [0.25, 0.3) is 0 Å². The summed E-state index contributed by atoms with van der Waals surface area (Å²) in [6.07, 6.45) is 4.73. The fraction of sp³-hybridized carbons (Fsp3) is 0.533. The zero-order valence-electron chi connectivity index (χ0n) is 12.5. The largest absolute Gasteiger partial charge is 0.353 e. The van der Waals surface area contributed by atoms with Gasteiger partial charge in [0, 0.05) is 13.1 Å². The van der Waals surface area contributed by atoms with Crippen LogP contribution in [0.5, 0.6) is 0 Å². The first-order valence-electron chi connectivity index (χ1n) is 7.74. The van der Waals surface area contributed by atoms with Gasteiger partial charge in [-0.3, -0.25) is 9.59 Å². The van der Waals surface area contributed by atoms with Crippen molar-refractivity contribution in [3.05, 3.63) is 18.3 Å². The van der Waals surface area contributed by atoms with E-state index in [2.05, 4.69) is 20.9 Å². The maximum atomic E-state index is 12.1. The van der Waals surface area contributed by atoms with Gasteiger partial charge in [0.1, 0.15) is 5.82 Å². The lowest BCUT2D eigenvalue weighted by molar-refractivity contribution is -0.120. The van der Waals surface area contributed by atoms with E-state index in [0.29, 0.717) is 18.8 Å². The zero-order valence-corrected chi connectivity index (χ0v) is 12.5. The monoisotopic (exact) mass is 303 g/mol. The number of hydrogen-bond acceptors (Lipinski definition) is 5. The van der Waals surface area contributed by atoms with Crippen molar-refractivity contribution in [1.82, 2.24) is 15.6 Å². The first kappa shape index (κ1) is 14.8. The van der Waals surface area contributed by atoms with Crippen molar-refractivity contribution in [2.45, 2.75) is 25.3 Å². The van der Waals surface area contributed by atoms with Crippen molar-refractivity contribution < 1.29 is 9.59 Å². The van der Waals surface area contributed by atoms with Gasteiger partial charge in [-0.15, -0.1) is 0 Å². The van der Waals surface area contributed by atoms with Gasteiger partial charge < -0.3 is 20.9 Å². The van der Waals surface area contributed by atoms with E-state index in [-0.39, 0.29) is 17.9 Å². The Labute approximate surface area is 129 Å². The third-order valence-electron chi connectivity index (χ3n) is 4.00. The lowest BCUT2D eigenvalue weighted by Crippen LogP contribution is -2.48. The van der Waals surface area contributed by atoms with Crippen LogP contribution in [0.1, 0.15) is 19.3 Å². The molecule has 1 atom stereocenters. The highest BCUT2D eigenvalue weighted by atomic mass is 16.2. The predicted octanol–water partition coefficient (Wildman–Crippen LogP) is 0.0984. The molecule has 3 heterocycles. The quantitative estimate of drug-likeness (QED) is 0.737. The van der Waals surface area contributed by atoms with Crippen LogP contribution in [0, 0.1) is 0 Å². The number of carbonyl (C=O) groups is 2. The summed E-state index contributed by atoms with van der Waals surface area (Å²) in [6, 6.07) is 3.55. The fourth-order valence-corrected chi connectivity index (χ4v) is 2.79.